The van der Waals surface area contributed by atoms with Gasteiger partial charge in [0.2, 0.25) is 10.0 Å². The first-order chi connectivity index (χ1) is 10.0. The summed E-state index contributed by atoms with van der Waals surface area (Å²) in [4.78, 5) is 2.48. The van der Waals surface area contributed by atoms with Gasteiger partial charge in [-0.15, -0.1) is 0 Å². The Morgan fingerprint density at radius 1 is 1.29 bits per heavy atom. The second-order valence-electron chi connectivity index (χ2n) is 5.39. The van der Waals surface area contributed by atoms with Gasteiger partial charge >= 0.3 is 0 Å². The number of hydrogen-bond donors (Lipinski definition) is 1. The van der Waals surface area contributed by atoms with Crippen molar-refractivity contribution in [2.75, 3.05) is 26.2 Å². The van der Waals surface area contributed by atoms with E-state index in [4.69, 9.17) is 5.26 Å². The first kappa shape index (κ1) is 16.0. The average Bonchev–Trinajstić information content (AvgIpc) is 2.48. The highest BCUT2D eigenvalue weighted by Crippen LogP contribution is 2.16. The fourth-order valence-corrected chi connectivity index (χ4v) is 3.85. The number of rotatable bonds is 5. The molecular formula is C15H21N3O2S. The van der Waals surface area contributed by atoms with E-state index >= 15 is 0 Å². The Bertz CT molecular complexity index is 629. The van der Waals surface area contributed by atoms with Crippen LogP contribution in [0.2, 0.25) is 0 Å². The number of likely N-dealkylation sites (tertiary alicyclic amines) is 1. The summed E-state index contributed by atoms with van der Waals surface area (Å²) in [6, 6.07) is 6.69. The Hall–Kier alpha value is -1.42. The average molecular weight is 307 g/mol. The van der Waals surface area contributed by atoms with Gasteiger partial charge in [0.25, 0.3) is 0 Å². The molecule has 0 saturated carbocycles. The van der Waals surface area contributed by atoms with Crippen molar-refractivity contribution in [2.45, 2.75) is 31.1 Å². The van der Waals surface area contributed by atoms with Crippen LogP contribution in [0.25, 0.3) is 0 Å². The number of piperidine rings is 1. The number of benzene rings is 1. The van der Waals surface area contributed by atoms with Gasteiger partial charge in [-0.25, -0.2) is 13.1 Å². The van der Waals surface area contributed by atoms with Gasteiger partial charge in [-0.2, -0.15) is 5.26 Å². The molecule has 1 aromatic rings. The summed E-state index contributed by atoms with van der Waals surface area (Å²) < 4.78 is 27.3. The predicted molar refractivity (Wildman–Crippen MR) is 81.4 cm³/mol. The van der Waals surface area contributed by atoms with E-state index in [1.807, 2.05) is 6.07 Å². The van der Waals surface area contributed by atoms with Crippen molar-refractivity contribution < 1.29 is 8.42 Å². The van der Waals surface area contributed by atoms with Gasteiger partial charge in [-0.1, -0.05) is 12.5 Å². The molecule has 0 unspecified atom stereocenters. The maximum atomic E-state index is 12.3. The molecule has 0 atom stereocenters. The zero-order chi connectivity index (χ0) is 15.3. The minimum atomic E-state index is -3.55. The lowest BCUT2D eigenvalue weighted by atomic mass is 10.1. The molecule has 1 heterocycles. The van der Waals surface area contributed by atoms with Gasteiger partial charge in [-0.05, 0) is 50.6 Å². The van der Waals surface area contributed by atoms with Crippen LogP contribution in [0.5, 0.6) is 0 Å². The highest BCUT2D eigenvalue weighted by atomic mass is 32.2. The van der Waals surface area contributed by atoms with Crippen molar-refractivity contribution in [2.24, 2.45) is 0 Å². The molecular weight excluding hydrogens is 286 g/mol. The molecule has 2 rings (SSSR count). The van der Waals surface area contributed by atoms with E-state index in [1.54, 1.807) is 19.1 Å². The lowest BCUT2D eigenvalue weighted by Gasteiger charge is -2.26. The SMILES string of the molecule is Cc1ccc(C#N)cc1S(=O)(=O)NCCN1CCCCC1. The van der Waals surface area contributed by atoms with E-state index in [2.05, 4.69) is 9.62 Å². The number of nitrogens with zero attached hydrogens (tertiary/aromatic N) is 2. The fraction of sp³-hybridized carbons (Fsp3) is 0.533. The summed E-state index contributed by atoms with van der Waals surface area (Å²) in [7, 11) is -3.55. The summed E-state index contributed by atoms with van der Waals surface area (Å²) in [6.07, 6.45) is 3.65. The first-order valence-corrected chi connectivity index (χ1v) is 8.74. The number of hydrogen-bond acceptors (Lipinski definition) is 4. The molecule has 5 nitrogen and oxygen atoms in total. The molecule has 114 valence electrons. The van der Waals surface area contributed by atoms with Gasteiger partial charge in [0.1, 0.15) is 0 Å². The Morgan fingerprint density at radius 2 is 2.00 bits per heavy atom. The standard InChI is InChI=1S/C15H21N3O2S/c1-13-5-6-14(12-16)11-15(13)21(19,20)17-7-10-18-8-3-2-4-9-18/h5-6,11,17H,2-4,7-10H2,1H3. The molecule has 1 aromatic carbocycles. The lowest BCUT2D eigenvalue weighted by molar-refractivity contribution is 0.233. The van der Waals surface area contributed by atoms with E-state index in [0.717, 1.165) is 19.6 Å². The number of aryl methyl sites for hydroxylation is 1. The van der Waals surface area contributed by atoms with Crippen LogP contribution < -0.4 is 4.72 Å². The first-order valence-electron chi connectivity index (χ1n) is 7.26. The summed E-state index contributed by atoms with van der Waals surface area (Å²) in [5, 5.41) is 8.89. The molecule has 0 spiro atoms. The summed E-state index contributed by atoms with van der Waals surface area (Å²) in [6.45, 7) is 4.96. The maximum absolute atomic E-state index is 12.3. The molecule has 0 bridgehead atoms. The highest BCUT2D eigenvalue weighted by molar-refractivity contribution is 7.89. The molecule has 0 radical (unpaired) electrons. The quantitative estimate of drug-likeness (QED) is 0.897. The minimum Gasteiger partial charge on any atom is -0.302 e. The van der Waals surface area contributed by atoms with E-state index < -0.39 is 10.0 Å². The van der Waals surface area contributed by atoms with Gasteiger partial charge in [0, 0.05) is 13.1 Å². The molecule has 0 aromatic heterocycles. The van der Waals surface area contributed by atoms with Crippen LogP contribution in [0.4, 0.5) is 0 Å². The van der Waals surface area contributed by atoms with Crippen LogP contribution >= 0.6 is 0 Å². The van der Waals surface area contributed by atoms with Crippen molar-refractivity contribution in [3.05, 3.63) is 29.3 Å². The summed E-state index contributed by atoms with van der Waals surface area (Å²) >= 11 is 0. The van der Waals surface area contributed by atoms with E-state index in [-0.39, 0.29) is 4.90 Å². The van der Waals surface area contributed by atoms with Crippen molar-refractivity contribution in [3.8, 4) is 6.07 Å². The van der Waals surface area contributed by atoms with Crippen molar-refractivity contribution in [3.63, 3.8) is 0 Å². The van der Waals surface area contributed by atoms with Crippen molar-refractivity contribution >= 4 is 10.0 Å². The smallest absolute Gasteiger partial charge is 0.240 e. The Balaban J connectivity index is 1.99. The van der Waals surface area contributed by atoms with E-state index in [0.29, 0.717) is 17.7 Å². The monoisotopic (exact) mass is 307 g/mol. The Labute approximate surface area is 126 Å². The van der Waals surface area contributed by atoms with Gasteiger partial charge in [0.05, 0.1) is 16.5 Å². The Kier molecular flexibility index (Phi) is 5.34. The molecule has 1 saturated heterocycles. The number of nitriles is 1. The molecule has 21 heavy (non-hydrogen) atoms. The van der Waals surface area contributed by atoms with Crippen LogP contribution in [-0.4, -0.2) is 39.5 Å². The van der Waals surface area contributed by atoms with Crippen molar-refractivity contribution in [1.29, 1.82) is 5.26 Å². The summed E-state index contributed by atoms with van der Waals surface area (Å²) in [5.41, 5.74) is 1.01. The number of nitrogens with one attached hydrogen (secondary N) is 1. The van der Waals surface area contributed by atoms with Crippen LogP contribution in [0.1, 0.15) is 30.4 Å². The third-order valence-corrected chi connectivity index (χ3v) is 5.38. The molecule has 0 amide bonds. The molecule has 1 aliphatic heterocycles. The summed E-state index contributed by atoms with van der Waals surface area (Å²) in [5.74, 6) is 0. The number of sulfonamides is 1. The molecule has 1 fully saturated rings. The zero-order valence-electron chi connectivity index (χ0n) is 12.3. The fourth-order valence-electron chi connectivity index (χ4n) is 2.56. The topological polar surface area (TPSA) is 73.2 Å². The predicted octanol–water partition coefficient (Wildman–Crippen LogP) is 1.63. The second-order valence-corrected chi connectivity index (χ2v) is 7.13. The molecule has 1 aliphatic rings. The van der Waals surface area contributed by atoms with Crippen LogP contribution in [0.3, 0.4) is 0 Å². The highest BCUT2D eigenvalue weighted by Gasteiger charge is 2.18. The van der Waals surface area contributed by atoms with Crippen LogP contribution in [0.15, 0.2) is 23.1 Å². The Morgan fingerprint density at radius 3 is 2.67 bits per heavy atom. The van der Waals surface area contributed by atoms with E-state index in [1.165, 1.54) is 25.3 Å². The second kappa shape index (κ2) is 7.03. The van der Waals surface area contributed by atoms with Gasteiger partial charge in [-0.3, -0.25) is 0 Å². The molecule has 6 heteroatoms. The molecule has 1 N–H and O–H groups in total. The van der Waals surface area contributed by atoms with Crippen LogP contribution in [-0.2, 0) is 10.0 Å². The lowest BCUT2D eigenvalue weighted by Crippen LogP contribution is -2.37. The normalized spacial score (nSPS) is 16.6. The largest absolute Gasteiger partial charge is 0.302 e. The van der Waals surface area contributed by atoms with Crippen LogP contribution in [0, 0.1) is 18.3 Å². The maximum Gasteiger partial charge on any atom is 0.240 e. The van der Waals surface area contributed by atoms with Gasteiger partial charge in [0.15, 0.2) is 0 Å². The van der Waals surface area contributed by atoms with E-state index in [9.17, 15) is 8.42 Å². The van der Waals surface area contributed by atoms with Gasteiger partial charge < -0.3 is 4.90 Å². The third kappa shape index (κ3) is 4.27. The minimum absolute atomic E-state index is 0.195. The molecule has 0 aliphatic carbocycles. The zero-order valence-corrected chi connectivity index (χ0v) is 13.1. The third-order valence-electron chi connectivity index (χ3n) is 3.78. The van der Waals surface area contributed by atoms with Crippen molar-refractivity contribution in [1.82, 2.24) is 9.62 Å².